The zero-order valence-corrected chi connectivity index (χ0v) is 12.6. The monoisotopic (exact) mass is 306 g/mol. The Labute approximate surface area is 128 Å². The Morgan fingerprint density at radius 3 is 2.77 bits per heavy atom. The zero-order chi connectivity index (χ0) is 15.7. The van der Waals surface area contributed by atoms with Crippen LogP contribution in [0.5, 0.6) is 0 Å². The number of ketones is 2. The summed E-state index contributed by atoms with van der Waals surface area (Å²) in [6, 6.07) is 0. The maximum atomic E-state index is 15.6. The summed E-state index contributed by atoms with van der Waals surface area (Å²) < 4.78 is 29.6. The van der Waals surface area contributed by atoms with Crippen LogP contribution in [0, 0.1) is 23.2 Å². The largest absolute Gasteiger partial charge is 0.296 e. The van der Waals surface area contributed by atoms with Gasteiger partial charge in [0, 0.05) is 11.3 Å². The van der Waals surface area contributed by atoms with Crippen LogP contribution in [0.2, 0.25) is 0 Å². The molecule has 0 aliphatic heterocycles. The molecule has 0 saturated heterocycles. The Hall–Kier alpha value is -1.32. The van der Waals surface area contributed by atoms with Gasteiger partial charge in [0.25, 0.3) is 0 Å². The van der Waals surface area contributed by atoms with E-state index in [-0.39, 0.29) is 35.7 Å². The summed E-state index contributed by atoms with van der Waals surface area (Å²) in [5.41, 5.74) is -1.62. The molecule has 0 heterocycles. The number of Topliss-reactive ketones (excluding diaryl/α,β-unsaturated/α-hetero) is 1. The van der Waals surface area contributed by atoms with Crippen LogP contribution in [-0.4, -0.2) is 23.4 Å². The molecule has 0 bridgehead atoms. The van der Waals surface area contributed by atoms with E-state index < -0.39 is 17.3 Å². The zero-order valence-electron chi connectivity index (χ0n) is 12.6. The van der Waals surface area contributed by atoms with Crippen molar-refractivity contribution in [2.24, 2.45) is 23.2 Å². The van der Waals surface area contributed by atoms with Gasteiger partial charge >= 0.3 is 0 Å². The van der Waals surface area contributed by atoms with E-state index in [1.54, 1.807) is 0 Å². The molecule has 4 rings (SSSR count). The van der Waals surface area contributed by atoms with E-state index in [1.807, 2.05) is 6.92 Å². The number of hydrogen-bond donors (Lipinski definition) is 0. The standard InChI is InChI=1S/C18H20F2O2/c1-17-6-5-13-12(14(17)9-15(19)16(17)22)3-2-10-8-11(21)4-7-18(10,13)20/h4,7-8,12-15H,2-3,5-6,9H2,1H3/t12-,13+,14+,15-,17+,18-/m1/s1. The number of fused-ring (bicyclic) bond motifs is 5. The van der Waals surface area contributed by atoms with Crippen LogP contribution < -0.4 is 0 Å². The number of rotatable bonds is 0. The van der Waals surface area contributed by atoms with Crippen molar-refractivity contribution < 1.29 is 18.4 Å². The van der Waals surface area contributed by atoms with Crippen molar-refractivity contribution >= 4 is 11.6 Å². The Bertz CT molecular complexity index is 623. The van der Waals surface area contributed by atoms with E-state index in [9.17, 15) is 14.0 Å². The van der Waals surface area contributed by atoms with Crippen molar-refractivity contribution in [3.05, 3.63) is 23.8 Å². The third kappa shape index (κ3) is 1.64. The molecule has 0 aromatic rings. The van der Waals surface area contributed by atoms with E-state index in [0.717, 1.165) is 6.42 Å². The van der Waals surface area contributed by atoms with Gasteiger partial charge in [0.15, 0.2) is 23.4 Å². The summed E-state index contributed by atoms with van der Waals surface area (Å²) in [6.07, 6.45) is 5.45. The minimum atomic E-state index is -1.57. The van der Waals surface area contributed by atoms with E-state index in [0.29, 0.717) is 24.8 Å². The Morgan fingerprint density at radius 1 is 1.23 bits per heavy atom. The quantitative estimate of drug-likeness (QED) is 0.686. The van der Waals surface area contributed by atoms with Gasteiger partial charge < -0.3 is 0 Å². The first-order chi connectivity index (χ1) is 10.4. The van der Waals surface area contributed by atoms with Gasteiger partial charge in [0.2, 0.25) is 0 Å². The number of hydrogen-bond acceptors (Lipinski definition) is 2. The lowest BCUT2D eigenvalue weighted by molar-refractivity contribution is -0.134. The third-order valence-corrected chi connectivity index (χ3v) is 6.72. The molecule has 0 radical (unpaired) electrons. The van der Waals surface area contributed by atoms with Crippen molar-refractivity contribution in [1.82, 2.24) is 0 Å². The van der Waals surface area contributed by atoms with Crippen LogP contribution >= 0.6 is 0 Å². The second-order valence-electron chi connectivity index (χ2n) is 7.61. The molecule has 4 aliphatic carbocycles. The molecule has 6 atom stereocenters. The van der Waals surface area contributed by atoms with E-state index in [2.05, 4.69) is 0 Å². The summed E-state index contributed by atoms with van der Waals surface area (Å²) >= 11 is 0. The molecule has 0 amide bonds. The molecular formula is C18H20F2O2. The van der Waals surface area contributed by atoms with Crippen LogP contribution in [0.3, 0.4) is 0 Å². The summed E-state index contributed by atoms with van der Waals surface area (Å²) in [7, 11) is 0. The van der Waals surface area contributed by atoms with Gasteiger partial charge in [-0.3, -0.25) is 9.59 Å². The van der Waals surface area contributed by atoms with Gasteiger partial charge in [-0.2, -0.15) is 0 Å². The fourth-order valence-corrected chi connectivity index (χ4v) is 5.55. The molecule has 22 heavy (non-hydrogen) atoms. The molecule has 2 nitrogen and oxygen atoms in total. The molecule has 0 aromatic heterocycles. The second kappa shape index (κ2) is 4.36. The smallest absolute Gasteiger partial charge is 0.178 e. The summed E-state index contributed by atoms with van der Waals surface area (Å²) in [4.78, 5) is 23.7. The Balaban J connectivity index is 1.72. The summed E-state index contributed by atoms with van der Waals surface area (Å²) in [5.74, 6) is -0.688. The molecule has 3 fully saturated rings. The minimum Gasteiger partial charge on any atom is -0.296 e. The van der Waals surface area contributed by atoms with Gasteiger partial charge in [-0.15, -0.1) is 0 Å². The number of carbonyl (C=O) groups is 2. The van der Waals surface area contributed by atoms with Gasteiger partial charge in [-0.05, 0) is 67.7 Å². The van der Waals surface area contributed by atoms with Gasteiger partial charge in [0.05, 0.1) is 0 Å². The van der Waals surface area contributed by atoms with Gasteiger partial charge in [-0.25, -0.2) is 8.78 Å². The van der Waals surface area contributed by atoms with Crippen LogP contribution in [0.4, 0.5) is 8.78 Å². The van der Waals surface area contributed by atoms with Gasteiger partial charge in [-0.1, -0.05) is 6.92 Å². The molecular weight excluding hydrogens is 286 g/mol. The average molecular weight is 306 g/mol. The normalized spacial score (nSPS) is 50.2. The lowest BCUT2D eigenvalue weighted by atomic mass is 9.52. The summed E-state index contributed by atoms with van der Waals surface area (Å²) in [6.45, 7) is 1.87. The van der Waals surface area contributed by atoms with Crippen molar-refractivity contribution in [3.63, 3.8) is 0 Å². The SMILES string of the molecule is C[C@]12CC[C@H]3[C@@H](CCC4=CC(=O)C=C[C@@]43F)[C@@H]1C[C@@H](F)C2=O. The minimum absolute atomic E-state index is 0.0310. The Morgan fingerprint density at radius 2 is 2.00 bits per heavy atom. The number of halogens is 2. The highest BCUT2D eigenvalue weighted by atomic mass is 19.1. The fourth-order valence-electron chi connectivity index (χ4n) is 5.55. The number of alkyl halides is 2. The average Bonchev–Trinajstić information content (AvgIpc) is 2.72. The lowest BCUT2D eigenvalue weighted by Crippen LogP contribution is -2.52. The predicted molar refractivity (Wildman–Crippen MR) is 77.6 cm³/mol. The summed E-state index contributed by atoms with van der Waals surface area (Å²) in [5, 5.41) is 0. The van der Waals surface area contributed by atoms with Crippen molar-refractivity contribution in [3.8, 4) is 0 Å². The van der Waals surface area contributed by atoms with E-state index >= 15 is 4.39 Å². The first-order valence-corrected chi connectivity index (χ1v) is 8.18. The molecule has 0 spiro atoms. The molecule has 0 unspecified atom stereocenters. The van der Waals surface area contributed by atoms with Crippen molar-refractivity contribution in [2.45, 2.75) is 50.9 Å². The molecule has 4 heteroatoms. The van der Waals surface area contributed by atoms with Crippen LogP contribution in [-0.2, 0) is 9.59 Å². The second-order valence-corrected chi connectivity index (χ2v) is 7.61. The van der Waals surface area contributed by atoms with E-state index in [4.69, 9.17) is 0 Å². The molecule has 0 aromatic carbocycles. The van der Waals surface area contributed by atoms with Crippen LogP contribution in [0.25, 0.3) is 0 Å². The topological polar surface area (TPSA) is 34.1 Å². The van der Waals surface area contributed by atoms with Crippen LogP contribution in [0.15, 0.2) is 23.8 Å². The third-order valence-electron chi connectivity index (χ3n) is 6.72. The first-order valence-electron chi connectivity index (χ1n) is 8.18. The maximum absolute atomic E-state index is 15.6. The highest BCUT2D eigenvalue weighted by molar-refractivity contribution is 6.01. The predicted octanol–water partition coefficient (Wildman–Crippen LogP) is 3.51. The molecule has 3 saturated carbocycles. The highest BCUT2D eigenvalue weighted by Crippen LogP contribution is 2.62. The number of carbonyl (C=O) groups excluding carboxylic acids is 2. The van der Waals surface area contributed by atoms with Crippen molar-refractivity contribution in [2.75, 3.05) is 0 Å². The lowest BCUT2D eigenvalue weighted by Gasteiger charge is -2.53. The van der Waals surface area contributed by atoms with E-state index in [1.165, 1.54) is 18.2 Å². The number of allylic oxidation sites excluding steroid dienone is 4. The molecule has 0 N–H and O–H groups in total. The highest BCUT2D eigenvalue weighted by Gasteiger charge is 2.62. The first kappa shape index (κ1) is 14.3. The van der Waals surface area contributed by atoms with Gasteiger partial charge in [0.1, 0.15) is 0 Å². The fraction of sp³-hybridized carbons (Fsp3) is 0.667. The molecule has 4 aliphatic rings. The molecule has 118 valence electrons. The maximum Gasteiger partial charge on any atom is 0.178 e. The van der Waals surface area contributed by atoms with Crippen LogP contribution in [0.1, 0.15) is 39.0 Å². The van der Waals surface area contributed by atoms with Crippen molar-refractivity contribution in [1.29, 1.82) is 0 Å². The Kier molecular flexibility index (Phi) is 2.83.